The number of rotatable bonds is 2. The largest absolute Gasteiger partial charge is 0.293 e. The molecule has 0 spiro atoms. The predicted octanol–water partition coefficient (Wildman–Crippen LogP) is 0.923. The fraction of sp³-hybridized carbons (Fsp3) is 1.00. The van der Waals surface area contributed by atoms with E-state index in [-0.39, 0.29) is 0 Å². The van der Waals surface area contributed by atoms with Gasteiger partial charge in [0.1, 0.15) is 0 Å². The van der Waals surface area contributed by atoms with Gasteiger partial charge in [-0.05, 0) is 0 Å². The summed E-state index contributed by atoms with van der Waals surface area (Å²) in [5, 5.41) is 0. The van der Waals surface area contributed by atoms with E-state index in [0.29, 0.717) is 0 Å². The lowest BCUT2D eigenvalue weighted by molar-refractivity contribution is 0.380. The van der Waals surface area contributed by atoms with Gasteiger partial charge in [-0.25, -0.2) is 0 Å². The molecule has 0 aromatic rings. The molecule has 0 aromatic heterocycles. The molecule has 1 heterocycles. The van der Waals surface area contributed by atoms with Crippen LogP contribution < -0.4 is 0 Å². The Balaban J connectivity index is 2.06. The summed E-state index contributed by atoms with van der Waals surface area (Å²) in [7, 11) is 0. The minimum atomic E-state index is 1.00. The normalized spacial score (nSPS) is 22.1. The SMILES string of the molecule is SCCN1CCSC1. The maximum absolute atomic E-state index is 4.14. The molecule has 48 valence electrons. The average Bonchev–Trinajstić information content (AvgIpc) is 2.19. The summed E-state index contributed by atoms with van der Waals surface area (Å²) < 4.78 is 0. The molecule has 1 aliphatic heterocycles. The van der Waals surface area contributed by atoms with Crippen molar-refractivity contribution in [2.75, 3.05) is 30.5 Å². The summed E-state index contributed by atoms with van der Waals surface area (Å²) in [6.07, 6.45) is 0. The van der Waals surface area contributed by atoms with Gasteiger partial charge in [-0.3, -0.25) is 4.90 Å². The Morgan fingerprint density at radius 3 is 3.00 bits per heavy atom. The summed E-state index contributed by atoms with van der Waals surface area (Å²) in [6, 6.07) is 0. The Morgan fingerprint density at radius 2 is 2.50 bits per heavy atom. The fourth-order valence-corrected chi connectivity index (χ4v) is 2.09. The topological polar surface area (TPSA) is 3.24 Å². The Labute approximate surface area is 60.2 Å². The van der Waals surface area contributed by atoms with Gasteiger partial charge in [0, 0.05) is 30.5 Å². The predicted molar refractivity (Wildman–Crippen MR) is 42.8 cm³/mol. The van der Waals surface area contributed by atoms with Crippen LogP contribution in [0.15, 0.2) is 0 Å². The van der Waals surface area contributed by atoms with Crippen molar-refractivity contribution < 1.29 is 0 Å². The van der Waals surface area contributed by atoms with Crippen molar-refractivity contribution in [1.82, 2.24) is 4.90 Å². The second-order valence-electron chi connectivity index (χ2n) is 1.88. The van der Waals surface area contributed by atoms with Gasteiger partial charge in [-0.15, -0.1) is 11.8 Å². The zero-order valence-electron chi connectivity index (χ0n) is 4.84. The minimum absolute atomic E-state index is 1.00. The van der Waals surface area contributed by atoms with E-state index in [1.807, 2.05) is 11.8 Å². The third-order valence-electron chi connectivity index (χ3n) is 1.24. The van der Waals surface area contributed by atoms with Crippen LogP contribution in [0.4, 0.5) is 0 Å². The van der Waals surface area contributed by atoms with Crippen molar-refractivity contribution >= 4 is 24.4 Å². The standard InChI is InChI=1S/C5H11NS2/c7-3-1-6-2-4-8-5-6/h7H,1-5H2. The average molecular weight is 149 g/mol. The fourth-order valence-electron chi connectivity index (χ4n) is 0.770. The molecule has 1 rings (SSSR count). The molecule has 1 nitrogen and oxygen atoms in total. The van der Waals surface area contributed by atoms with Crippen molar-refractivity contribution in [2.45, 2.75) is 0 Å². The van der Waals surface area contributed by atoms with Gasteiger partial charge in [-0.2, -0.15) is 12.6 Å². The molecule has 0 aliphatic carbocycles. The highest BCUT2D eigenvalue weighted by Gasteiger charge is 2.09. The molecular formula is C5H11NS2. The van der Waals surface area contributed by atoms with Gasteiger partial charge in [0.05, 0.1) is 0 Å². The molecule has 0 amide bonds. The summed E-state index contributed by atoms with van der Waals surface area (Å²) >= 11 is 6.16. The van der Waals surface area contributed by atoms with E-state index >= 15 is 0 Å². The molecule has 0 atom stereocenters. The number of thiol groups is 1. The minimum Gasteiger partial charge on any atom is -0.293 e. The molecule has 8 heavy (non-hydrogen) atoms. The monoisotopic (exact) mass is 149 g/mol. The molecule has 1 aliphatic rings. The van der Waals surface area contributed by atoms with Crippen LogP contribution >= 0.6 is 24.4 Å². The molecule has 3 heteroatoms. The third-order valence-corrected chi connectivity index (χ3v) is 2.46. The van der Waals surface area contributed by atoms with E-state index in [4.69, 9.17) is 0 Å². The molecule has 0 unspecified atom stereocenters. The molecule has 1 fully saturated rings. The van der Waals surface area contributed by atoms with Crippen molar-refractivity contribution in [3.63, 3.8) is 0 Å². The van der Waals surface area contributed by atoms with Crippen LogP contribution in [0.5, 0.6) is 0 Å². The van der Waals surface area contributed by atoms with Gasteiger partial charge >= 0.3 is 0 Å². The summed E-state index contributed by atoms with van der Waals surface area (Å²) in [4.78, 5) is 2.43. The van der Waals surface area contributed by atoms with Crippen LogP contribution in [0.3, 0.4) is 0 Å². The highest BCUT2D eigenvalue weighted by atomic mass is 32.2. The lowest BCUT2D eigenvalue weighted by atomic mass is 10.6. The quantitative estimate of drug-likeness (QED) is 0.582. The van der Waals surface area contributed by atoms with Crippen molar-refractivity contribution in [3.8, 4) is 0 Å². The molecule has 0 aromatic carbocycles. The summed E-state index contributed by atoms with van der Waals surface area (Å²) in [6.45, 7) is 2.43. The Kier molecular flexibility index (Phi) is 3.08. The van der Waals surface area contributed by atoms with E-state index < -0.39 is 0 Å². The first-order valence-electron chi connectivity index (χ1n) is 2.84. The van der Waals surface area contributed by atoms with Crippen molar-refractivity contribution in [2.24, 2.45) is 0 Å². The van der Waals surface area contributed by atoms with E-state index in [0.717, 1.165) is 12.3 Å². The smallest absolute Gasteiger partial charge is 0.0445 e. The summed E-state index contributed by atoms with van der Waals surface area (Å²) in [5.74, 6) is 3.54. The van der Waals surface area contributed by atoms with Crippen LogP contribution in [-0.4, -0.2) is 35.4 Å². The maximum Gasteiger partial charge on any atom is 0.0445 e. The lowest BCUT2D eigenvalue weighted by Crippen LogP contribution is -2.21. The van der Waals surface area contributed by atoms with Crippen molar-refractivity contribution in [1.29, 1.82) is 0 Å². The third kappa shape index (κ3) is 1.88. The molecule has 1 saturated heterocycles. The first-order chi connectivity index (χ1) is 3.93. The zero-order chi connectivity index (χ0) is 5.82. The first kappa shape index (κ1) is 6.78. The van der Waals surface area contributed by atoms with E-state index in [1.165, 1.54) is 18.2 Å². The number of thioether (sulfide) groups is 1. The first-order valence-corrected chi connectivity index (χ1v) is 4.63. The van der Waals surface area contributed by atoms with Crippen LogP contribution in [0, 0.1) is 0 Å². The molecule has 0 N–H and O–H groups in total. The zero-order valence-corrected chi connectivity index (χ0v) is 6.55. The van der Waals surface area contributed by atoms with Crippen molar-refractivity contribution in [3.05, 3.63) is 0 Å². The molecule has 0 bridgehead atoms. The summed E-state index contributed by atoms with van der Waals surface area (Å²) in [5.41, 5.74) is 0. The maximum atomic E-state index is 4.14. The number of hydrogen-bond acceptors (Lipinski definition) is 3. The molecular weight excluding hydrogens is 138 g/mol. The highest BCUT2D eigenvalue weighted by molar-refractivity contribution is 7.99. The van der Waals surface area contributed by atoms with Gasteiger partial charge in [0.2, 0.25) is 0 Å². The lowest BCUT2D eigenvalue weighted by Gasteiger charge is -2.09. The Morgan fingerprint density at radius 1 is 1.62 bits per heavy atom. The number of nitrogens with zero attached hydrogens (tertiary/aromatic N) is 1. The van der Waals surface area contributed by atoms with Gasteiger partial charge in [0.15, 0.2) is 0 Å². The van der Waals surface area contributed by atoms with Crippen LogP contribution in [0.1, 0.15) is 0 Å². The van der Waals surface area contributed by atoms with Crippen LogP contribution in [-0.2, 0) is 0 Å². The van der Waals surface area contributed by atoms with Gasteiger partial charge in [-0.1, -0.05) is 0 Å². The van der Waals surface area contributed by atoms with E-state index in [2.05, 4.69) is 17.5 Å². The second-order valence-corrected chi connectivity index (χ2v) is 3.40. The van der Waals surface area contributed by atoms with E-state index in [9.17, 15) is 0 Å². The van der Waals surface area contributed by atoms with Crippen LogP contribution in [0.2, 0.25) is 0 Å². The number of hydrogen-bond donors (Lipinski definition) is 1. The van der Waals surface area contributed by atoms with Gasteiger partial charge in [0.25, 0.3) is 0 Å². The Bertz CT molecular complexity index is 61.4. The van der Waals surface area contributed by atoms with E-state index in [1.54, 1.807) is 0 Å². The second kappa shape index (κ2) is 3.64. The highest BCUT2D eigenvalue weighted by Crippen LogP contribution is 2.11. The van der Waals surface area contributed by atoms with Crippen LogP contribution in [0.25, 0.3) is 0 Å². The molecule has 0 saturated carbocycles. The van der Waals surface area contributed by atoms with Gasteiger partial charge < -0.3 is 0 Å². The Hall–Kier alpha value is 0.660. The molecule has 0 radical (unpaired) electrons.